The summed E-state index contributed by atoms with van der Waals surface area (Å²) in [5, 5.41) is 12.3. The number of ether oxygens (including phenoxy) is 1. The Morgan fingerprint density at radius 2 is 1.90 bits per heavy atom. The number of hydrogen-bond donors (Lipinski definition) is 2. The number of carboxylic acids is 1. The molecule has 0 aromatic heterocycles. The molecule has 5 heteroatoms. The first-order valence-electron chi connectivity index (χ1n) is 7.74. The van der Waals surface area contributed by atoms with Gasteiger partial charge in [0.25, 0.3) is 0 Å². The van der Waals surface area contributed by atoms with Gasteiger partial charge in [-0.3, -0.25) is 9.59 Å². The van der Waals surface area contributed by atoms with Gasteiger partial charge >= 0.3 is 5.97 Å². The summed E-state index contributed by atoms with van der Waals surface area (Å²) in [6.45, 7) is 0.991. The number of rotatable bonds is 5. The maximum atomic E-state index is 11.9. The highest BCUT2D eigenvalue weighted by Gasteiger charge is 2.39. The molecular weight excluding hydrogens is 258 g/mol. The van der Waals surface area contributed by atoms with E-state index >= 15 is 0 Å². The van der Waals surface area contributed by atoms with E-state index in [-0.39, 0.29) is 18.6 Å². The molecule has 1 amide bonds. The minimum absolute atomic E-state index is 0.0101. The van der Waals surface area contributed by atoms with Crippen LogP contribution in [0.2, 0.25) is 0 Å². The third kappa shape index (κ3) is 3.95. The van der Waals surface area contributed by atoms with Crippen molar-refractivity contribution in [3.8, 4) is 0 Å². The summed E-state index contributed by atoms with van der Waals surface area (Å²) in [6.07, 6.45) is 7.78. The first-order valence-corrected chi connectivity index (χ1v) is 7.74. The van der Waals surface area contributed by atoms with Crippen LogP contribution in [0.25, 0.3) is 0 Å². The van der Waals surface area contributed by atoms with E-state index in [1.807, 2.05) is 0 Å². The fraction of sp³-hybridized carbons (Fsp3) is 0.867. The van der Waals surface area contributed by atoms with Crippen LogP contribution in [0.1, 0.15) is 57.8 Å². The van der Waals surface area contributed by atoms with Crippen molar-refractivity contribution in [3.05, 3.63) is 0 Å². The molecule has 114 valence electrons. The molecule has 1 atom stereocenters. The molecule has 2 rings (SSSR count). The summed E-state index contributed by atoms with van der Waals surface area (Å²) >= 11 is 0. The number of nitrogens with one attached hydrogen (secondary N) is 1. The second-order valence-corrected chi connectivity index (χ2v) is 6.12. The van der Waals surface area contributed by atoms with E-state index in [0.717, 1.165) is 45.1 Å². The second-order valence-electron chi connectivity index (χ2n) is 6.12. The molecule has 1 heterocycles. The summed E-state index contributed by atoms with van der Waals surface area (Å²) in [5.41, 5.74) is -0.749. The Hall–Kier alpha value is -1.10. The van der Waals surface area contributed by atoms with Gasteiger partial charge in [-0.25, -0.2) is 0 Å². The molecular formula is C15H25NO4. The van der Waals surface area contributed by atoms with E-state index in [4.69, 9.17) is 4.74 Å². The van der Waals surface area contributed by atoms with Gasteiger partial charge in [0.1, 0.15) is 0 Å². The first kappa shape index (κ1) is 15.3. The molecule has 0 radical (unpaired) electrons. The molecule has 0 spiro atoms. The molecule has 2 aliphatic rings. The number of amides is 1. The molecule has 0 bridgehead atoms. The van der Waals surface area contributed by atoms with Crippen molar-refractivity contribution in [1.82, 2.24) is 5.32 Å². The fourth-order valence-corrected chi connectivity index (χ4v) is 3.21. The van der Waals surface area contributed by atoms with Gasteiger partial charge in [0.05, 0.1) is 17.9 Å². The van der Waals surface area contributed by atoms with E-state index < -0.39 is 11.4 Å². The molecule has 1 unspecified atom stereocenters. The number of aliphatic carboxylic acids is 1. The van der Waals surface area contributed by atoms with Crippen LogP contribution in [0.15, 0.2) is 0 Å². The SMILES string of the molecule is O=C(CC1CCCCO1)NCC1(C(=O)O)CCCCC1. The lowest BCUT2D eigenvalue weighted by atomic mass is 9.74. The maximum Gasteiger partial charge on any atom is 0.311 e. The Balaban J connectivity index is 1.79. The van der Waals surface area contributed by atoms with Crippen LogP contribution in [0.4, 0.5) is 0 Å². The zero-order chi connectivity index (χ0) is 14.4. The molecule has 20 heavy (non-hydrogen) atoms. The Morgan fingerprint density at radius 3 is 2.50 bits per heavy atom. The maximum absolute atomic E-state index is 11.9. The highest BCUT2D eigenvalue weighted by molar-refractivity contribution is 5.79. The van der Waals surface area contributed by atoms with Gasteiger partial charge in [-0.2, -0.15) is 0 Å². The van der Waals surface area contributed by atoms with Gasteiger partial charge in [-0.05, 0) is 32.1 Å². The molecule has 1 saturated carbocycles. The predicted octanol–water partition coefficient (Wildman–Crippen LogP) is 2.10. The van der Waals surface area contributed by atoms with E-state index in [1.165, 1.54) is 0 Å². The van der Waals surface area contributed by atoms with E-state index in [9.17, 15) is 14.7 Å². The zero-order valence-corrected chi connectivity index (χ0v) is 12.0. The number of carbonyl (C=O) groups excluding carboxylic acids is 1. The summed E-state index contributed by atoms with van der Waals surface area (Å²) in [6, 6.07) is 0. The van der Waals surface area contributed by atoms with Crippen molar-refractivity contribution in [3.63, 3.8) is 0 Å². The Morgan fingerprint density at radius 1 is 1.15 bits per heavy atom. The Kier molecular flexibility index (Phi) is 5.40. The number of carboxylic acid groups (broad SMARTS) is 1. The lowest BCUT2D eigenvalue weighted by molar-refractivity contribution is -0.151. The lowest BCUT2D eigenvalue weighted by Gasteiger charge is -2.33. The Labute approximate surface area is 120 Å². The summed E-state index contributed by atoms with van der Waals surface area (Å²) in [7, 11) is 0. The van der Waals surface area contributed by atoms with Crippen LogP contribution in [0.5, 0.6) is 0 Å². The smallest absolute Gasteiger partial charge is 0.311 e. The minimum atomic E-state index is -0.772. The Bertz CT molecular complexity index is 344. The normalized spacial score (nSPS) is 25.9. The van der Waals surface area contributed by atoms with Gasteiger partial charge in [0.15, 0.2) is 0 Å². The van der Waals surface area contributed by atoms with E-state index in [2.05, 4.69) is 5.32 Å². The summed E-state index contributed by atoms with van der Waals surface area (Å²) in [5.74, 6) is -0.852. The standard InChI is InChI=1S/C15H25NO4/c17-13(10-12-6-2-5-9-20-12)16-11-15(14(18)19)7-3-1-4-8-15/h12H,1-11H2,(H,16,17)(H,18,19). The van der Waals surface area contributed by atoms with Gasteiger partial charge in [-0.15, -0.1) is 0 Å². The third-order valence-electron chi connectivity index (χ3n) is 4.58. The predicted molar refractivity (Wildman–Crippen MR) is 74.4 cm³/mol. The van der Waals surface area contributed by atoms with Gasteiger partial charge in [-0.1, -0.05) is 19.3 Å². The van der Waals surface area contributed by atoms with Crippen LogP contribution in [-0.4, -0.2) is 36.2 Å². The zero-order valence-electron chi connectivity index (χ0n) is 12.0. The molecule has 0 aromatic carbocycles. The van der Waals surface area contributed by atoms with Crippen LogP contribution in [0.3, 0.4) is 0 Å². The fourth-order valence-electron chi connectivity index (χ4n) is 3.21. The van der Waals surface area contributed by atoms with Crippen molar-refractivity contribution in [2.45, 2.75) is 63.9 Å². The van der Waals surface area contributed by atoms with Crippen LogP contribution >= 0.6 is 0 Å². The highest BCUT2D eigenvalue weighted by atomic mass is 16.5. The van der Waals surface area contributed by atoms with Gasteiger partial charge < -0.3 is 15.2 Å². The second kappa shape index (κ2) is 7.07. The minimum Gasteiger partial charge on any atom is -0.481 e. The monoisotopic (exact) mass is 283 g/mol. The lowest BCUT2D eigenvalue weighted by Crippen LogP contribution is -2.45. The van der Waals surface area contributed by atoms with Crippen LogP contribution < -0.4 is 5.32 Å². The molecule has 2 fully saturated rings. The molecule has 1 aliphatic heterocycles. The van der Waals surface area contributed by atoms with E-state index in [1.54, 1.807) is 0 Å². The molecule has 5 nitrogen and oxygen atoms in total. The van der Waals surface area contributed by atoms with Crippen molar-refractivity contribution >= 4 is 11.9 Å². The van der Waals surface area contributed by atoms with Crippen LogP contribution in [-0.2, 0) is 14.3 Å². The molecule has 1 aliphatic carbocycles. The average molecular weight is 283 g/mol. The highest BCUT2D eigenvalue weighted by Crippen LogP contribution is 2.36. The third-order valence-corrected chi connectivity index (χ3v) is 4.58. The molecule has 0 aromatic rings. The van der Waals surface area contributed by atoms with Gasteiger partial charge in [0, 0.05) is 13.2 Å². The molecule has 1 saturated heterocycles. The number of carbonyl (C=O) groups is 2. The van der Waals surface area contributed by atoms with Gasteiger partial charge in [0.2, 0.25) is 5.91 Å². The molecule has 2 N–H and O–H groups in total. The van der Waals surface area contributed by atoms with Crippen molar-refractivity contribution in [2.24, 2.45) is 5.41 Å². The summed E-state index contributed by atoms with van der Waals surface area (Å²) < 4.78 is 5.54. The van der Waals surface area contributed by atoms with E-state index in [0.29, 0.717) is 19.3 Å². The topological polar surface area (TPSA) is 75.6 Å². The number of hydrogen-bond acceptors (Lipinski definition) is 3. The average Bonchev–Trinajstić information content (AvgIpc) is 2.47. The van der Waals surface area contributed by atoms with Crippen LogP contribution in [0, 0.1) is 5.41 Å². The summed E-state index contributed by atoms with van der Waals surface area (Å²) in [4.78, 5) is 23.4. The van der Waals surface area contributed by atoms with Crippen molar-refractivity contribution in [2.75, 3.05) is 13.2 Å². The van der Waals surface area contributed by atoms with Crippen molar-refractivity contribution in [1.29, 1.82) is 0 Å². The quantitative estimate of drug-likeness (QED) is 0.810. The van der Waals surface area contributed by atoms with Crippen molar-refractivity contribution < 1.29 is 19.4 Å². The first-order chi connectivity index (χ1) is 9.62. The largest absolute Gasteiger partial charge is 0.481 e.